The molecule has 2 bridgehead atoms. The third-order valence-corrected chi connectivity index (χ3v) is 6.17. The number of nitrogens with one attached hydrogen (secondary N) is 1. The Bertz CT molecular complexity index is 499. The number of nitrogens with two attached hydrogens (primary N) is 1. The molecule has 1 aliphatic heterocycles. The average molecular weight is 321 g/mol. The summed E-state index contributed by atoms with van der Waals surface area (Å²) in [6.07, 6.45) is 6.18. The molecule has 3 rings (SSSR count). The summed E-state index contributed by atoms with van der Waals surface area (Å²) in [5.41, 5.74) is 5.29. The number of hydrogen-bond donors (Lipinski definition) is 2. The van der Waals surface area contributed by atoms with Crippen molar-refractivity contribution in [3.8, 4) is 0 Å². The van der Waals surface area contributed by atoms with Crippen LogP contribution in [0, 0.1) is 23.7 Å². The van der Waals surface area contributed by atoms with E-state index in [2.05, 4.69) is 5.32 Å². The smallest absolute Gasteiger partial charge is 0.311 e. The predicted molar refractivity (Wildman–Crippen MR) is 85.0 cm³/mol. The molecular weight excluding hydrogens is 294 g/mol. The van der Waals surface area contributed by atoms with Gasteiger partial charge in [0.1, 0.15) is 0 Å². The minimum atomic E-state index is -0.502. The van der Waals surface area contributed by atoms with Gasteiger partial charge in [0.2, 0.25) is 5.91 Å². The Balaban J connectivity index is 1.48. The lowest BCUT2D eigenvalue weighted by molar-refractivity contribution is -0.147. The second-order valence-electron chi connectivity index (χ2n) is 7.57. The second kappa shape index (κ2) is 6.49. The molecule has 2 aliphatic carbocycles. The zero-order chi connectivity index (χ0) is 16.6. The Morgan fingerprint density at radius 3 is 2.30 bits per heavy atom. The van der Waals surface area contributed by atoms with E-state index >= 15 is 0 Å². The number of carbonyl (C=O) groups excluding carboxylic acids is 3. The monoisotopic (exact) mass is 321 g/mol. The zero-order valence-electron chi connectivity index (χ0n) is 13.8. The maximum atomic E-state index is 12.3. The molecule has 0 aromatic heterocycles. The molecule has 1 saturated heterocycles. The summed E-state index contributed by atoms with van der Waals surface area (Å²) in [7, 11) is 0. The van der Waals surface area contributed by atoms with Crippen molar-refractivity contribution in [2.24, 2.45) is 29.4 Å². The third-order valence-electron chi connectivity index (χ3n) is 6.17. The fourth-order valence-corrected chi connectivity index (χ4v) is 4.79. The first-order valence-corrected chi connectivity index (χ1v) is 8.84. The lowest BCUT2D eigenvalue weighted by atomic mass is 9.84. The van der Waals surface area contributed by atoms with Crippen LogP contribution in [0.3, 0.4) is 0 Å². The van der Waals surface area contributed by atoms with Crippen LogP contribution in [0.25, 0.3) is 0 Å². The van der Waals surface area contributed by atoms with E-state index in [4.69, 9.17) is 5.73 Å². The molecule has 3 aliphatic rings. The van der Waals surface area contributed by atoms with Crippen molar-refractivity contribution in [1.82, 2.24) is 10.2 Å². The van der Waals surface area contributed by atoms with Crippen molar-refractivity contribution >= 4 is 17.7 Å². The Morgan fingerprint density at radius 1 is 1.09 bits per heavy atom. The van der Waals surface area contributed by atoms with Crippen molar-refractivity contribution in [1.29, 1.82) is 0 Å². The Kier molecular flexibility index (Phi) is 4.60. The number of nitrogens with zero attached hydrogens (tertiary/aromatic N) is 1. The molecule has 4 unspecified atom stereocenters. The second-order valence-corrected chi connectivity index (χ2v) is 7.57. The predicted octanol–water partition coefficient (Wildman–Crippen LogP) is 0.651. The van der Waals surface area contributed by atoms with Crippen LogP contribution >= 0.6 is 0 Å². The molecule has 3 N–H and O–H groups in total. The highest BCUT2D eigenvalue weighted by Crippen LogP contribution is 2.49. The molecule has 0 aromatic rings. The van der Waals surface area contributed by atoms with Crippen LogP contribution in [0.15, 0.2) is 0 Å². The van der Waals surface area contributed by atoms with Gasteiger partial charge in [-0.05, 0) is 56.8 Å². The summed E-state index contributed by atoms with van der Waals surface area (Å²) >= 11 is 0. The molecule has 128 valence electrons. The van der Waals surface area contributed by atoms with Gasteiger partial charge in [-0.25, -0.2) is 0 Å². The topological polar surface area (TPSA) is 92.5 Å². The highest BCUT2D eigenvalue weighted by molar-refractivity contribution is 6.35. The fraction of sp³-hybridized carbons (Fsp3) is 0.824. The molecule has 3 amide bonds. The number of carbonyl (C=O) groups is 3. The SMILES string of the molecule is CC(NC(=O)C(=O)N1CCC(C(N)=O)CC1)C1CC2CCC1C2. The molecule has 6 heteroatoms. The van der Waals surface area contributed by atoms with Gasteiger partial charge in [-0.1, -0.05) is 6.42 Å². The van der Waals surface area contributed by atoms with Crippen LogP contribution < -0.4 is 11.1 Å². The van der Waals surface area contributed by atoms with Gasteiger partial charge < -0.3 is 16.0 Å². The number of fused-ring (bicyclic) bond motifs is 2. The molecular formula is C17H27N3O3. The molecule has 0 radical (unpaired) electrons. The van der Waals surface area contributed by atoms with Crippen LogP contribution in [-0.2, 0) is 14.4 Å². The first kappa shape index (κ1) is 16.3. The van der Waals surface area contributed by atoms with Gasteiger partial charge >= 0.3 is 11.8 Å². The van der Waals surface area contributed by atoms with Crippen LogP contribution in [0.1, 0.15) is 45.4 Å². The number of piperidine rings is 1. The maximum absolute atomic E-state index is 12.3. The normalized spacial score (nSPS) is 31.9. The summed E-state index contributed by atoms with van der Waals surface area (Å²) in [4.78, 5) is 37.2. The molecule has 0 spiro atoms. The Labute approximate surface area is 137 Å². The molecule has 3 fully saturated rings. The number of amides is 3. The van der Waals surface area contributed by atoms with Crippen molar-refractivity contribution in [3.05, 3.63) is 0 Å². The summed E-state index contributed by atoms with van der Waals surface area (Å²) in [5.74, 6) is 0.609. The Morgan fingerprint density at radius 2 is 1.78 bits per heavy atom. The van der Waals surface area contributed by atoms with E-state index < -0.39 is 11.8 Å². The van der Waals surface area contributed by atoms with Crippen LogP contribution in [0.2, 0.25) is 0 Å². The maximum Gasteiger partial charge on any atom is 0.311 e. The van der Waals surface area contributed by atoms with E-state index in [0.29, 0.717) is 31.8 Å². The standard InChI is InChI=1S/C17H27N3O3/c1-10(14-9-11-2-3-13(14)8-11)19-16(22)17(23)20-6-4-12(5-7-20)15(18)21/h10-14H,2-9H2,1H3,(H2,18,21)(H,19,22). The first-order valence-electron chi connectivity index (χ1n) is 8.84. The van der Waals surface area contributed by atoms with Crippen molar-refractivity contribution in [2.45, 2.75) is 51.5 Å². The van der Waals surface area contributed by atoms with Gasteiger partial charge in [0.25, 0.3) is 0 Å². The molecule has 4 atom stereocenters. The summed E-state index contributed by atoms with van der Waals surface area (Å²) in [6.45, 7) is 2.89. The number of rotatable bonds is 3. The van der Waals surface area contributed by atoms with E-state index in [0.717, 1.165) is 11.8 Å². The van der Waals surface area contributed by atoms with Crippen LogP contribution in [0.4, 0.5) is 0 Å². The van der Waals surface area contributed by atoms with Crippen LogP contribution in [0.5, 0.6) is 0 Å². The van der Waals surface area contributed by atoms with Crippen molar-refractivity contribution in [3.63, 3.8) is 0 Å². The van der Waals surface area contributed by atoms with E-state index in [-0.39, 0.29) is 17.9 Å². The summed E-state index contributed by atoms with van der Waals surface area (Å²) in [5, 5.41) is 2.92. The minimum Gasteiger partial charge on any atom is -0.369 e. The van der Waals surface area contributed by atoms with Gasteiger partial charge in [0, 0.05) is 25.0 Å². The zero-order valence-corrected chi connectivity index (χ0v) is 13.8. The van der Waals surface area contributed by atoms with Crippen molar-refractivity contribution in [2.75, 3.05) is 13.1 Å². The molecule has 6 nitrogen and oxygen atoms in total. The minimum absolute atomic E-state index is 0.0601. The summed E-state index contributed by atoms with van der Waals surface area (Å²) < 4.78 is 0. The lowest BCUT2D eigenvalue weighted by Crippen LogP contribution is -2.51. The fourth-order valence-electron chi connectivity index (χ4n) is 4.79. The third kappa shape index (κ3) is 3.35. The average Bonchev–Trinajstić information content (AvgIpc) is 3.17. The largest absolute Gasteiger partial charge is 0.369 e. The number of likely N-dealkylation sites (tertiary alicyclic amines) is 1. The Hall–Kier alpha value is -1.59. The number of primary amides is 1. The molecule has 0 aromatic carbocycles. The van der Waals surface area contributed by atoms with E-state index in [9.17, 15) is 14.4 Å². The van der Waals surface area contributed by atoms with Gasteiger partial charge in [0.15, 0.2) is 0 Å². The van der Waals surface area contributed by atoms with E-state index in [1.165, 1.54) is 25.7 Å². The highest BCUT2D eigenvalue weighted by atomic mass is 16.2. The van der Waals surface area contributed by atoms with Gasteiger partial charge in [-0.2, -0.15) is 0 Å². The molecule has 23 heavy (non-hydrogen) atoms. The first-order chi connectivity index (χ1) is 11.0. The quantitative estimate of drug-likeness (QED) is 0.748. The molecule has 1 heterocycles. The van der Waals surface area contributed by atoms with Gasteiger partial charge in [-0.15, -0.1) is 0 Å². The van der Waals surface area contributed by atoms with Gasteiger partial charge in [-0.3, -0.25) is 14.4 Å². The highest BCUT2D eigenvalue weighted by Gasteiger charge is 2.42. The summed E-state index contributed by atoms with van der Waals surface area (Å²) in [6, 6.07) is 0.0601. The van der Waals surface area contributed by atoms with E-state index in [1.807, 2.05) is 6.92 Å². The molecule has 2 saturated carbocycles. The van der Waals surface area contributed by atoms with Crippen LogP contribution in [-0.4, -0.2) is 41.8 Å². The van der Waals surface area contributed by atoms with Gasteiger partial charge in [0.05, 0.1) is 0 Å². The number of hydrogen-bond acceptors (Lipinski definition) is 3. The van der Waals surface area contributed by atoms with Crippen molar-refractivity contribution < 1.29 is 14.4 Å². The van der Waals surface area contributed by atoms with E-state index in [1.54, 1.807) is 4.90 Å². The lowest BCUT2D eigenvalue weighted by Gasteiger charge is -2.32.